The number of benzene rings is 1. The third-order valence-corrected chi connectivity index (χ3v) is 3.24. The number of para-hydroxylation sites is 1. The summed E-state index contributed by atoms with van der Waals surface area (Å²) in [4.78, 5) is 0. The number of halogens is 1. The van der Waals surface area contributed by atoms with Gasteiger partial charge in [0.1, 0.15) is 11.5 Å². The first-order chi connectivity index (χ1) is 8.59. The molecule has 0 saturated carbocycles. The molecule has 0 unspecified atom stereocenters. The molecule has 0 saturated heterocycles. The molecule has 3 rings (SSSR count). The maximum absolute atomic E-state index is 13.9. The van der Waals surface area contributed by atoms with Gasteiger partial charge in [0.15, 0.2) is 0 Å². The molecule has 5 heteroatoms. The standard InChI is InChI=1S/C13H12FN3O/c1-7-12(10-6-11(15)18-16-10)8-4-3-5-9(14)13(8)17(7)2/h3-6H,15H2,1-2H3. The average molecular weight is 245 g/mol. The molecule has 0 spiro atoms. The summed E-state index contributed by atoms with van der Waals surface area (Å²) in [6.45, 7) is 1.92. The Morgan fingerprint density at radius 1 is 1.39 bits per heavy atom. The zero-order valence-corrected chi connectivity index (χ0v) is 10.1. The largest absolute Gasteiger partial charge is 0.368 e. The van der Waals surface area contributed by atoms with E-state index >= 15 is 0 Å². The number of hydrogen-bond donors (Lipinski definition) is 1. The number of nitrogens with zero attached hydrogens (tertiary/aromatic N) is 2. The van der Waals surface area contributed by atoms with Crippen LogP contribution in [-0.4, -0.2) is 9.72 Å². The Kier molecular flexibility index (Phi) is 2.16. The van der Waals surface area contributed by atoms with Crippen LogP contribution in [-0.2, 0) is 7.05 Å². The van der Waals surface area contributed by atoms with Crippen molar-refractivity contribution in [3.8, 4) is 11.3 Å². The number of nitrogens with two attached hydrogens (primary N) is 1. The summed E-state index contributed by atoms with van der Waals surface area (Å²) in [5.74, 6) is -0.00128. The van der Waals surface area contributed by atoms with Gasteiger partial charge in [0.05, 0.1) is 5.52 Å². The summed E-state index contributed by atoms with van der Waals surface area (Å²) in [5.41, 5.74) is 8.50. The molecule has 0 aliphatic carbocycles. The van der Waals surface area contributed by atoms with Crippen molar-refractivity contribution in [3.05, 3.63) is 35.8 Å². The predicted molar refractivity (Wildman–Crippen MR) is 67.5 cm³/mol. The number of aryl methyl sites for hydroxylation is 1. The van der Waals surface area contributed by atoms with Crippen LogP contribution in [0.15, 0.2) is 28.8 Å². The monoisotopic (exact) mass is 245 g/mol. The Hall–Kier alpha value is -2.30. The molecule has 0 aliphatic heterocycles. The van der Waals surface area contributed by atoms with Gasteiger partial charge >= 0.3 is 0 Å². The fourth-order valence-electron chi connectivity index (χ4n) is 2.32. The van der Waals surface area contributed by atoms with Crippen LogP contribution >= 0.6 is 0 Å². The maximum Gasteiger partial charge on any atom is 0.222 e. The third-order valence-electron chi connectivity index (χ3n) is 3.24. The predicted octanol–water partition coefficient (Wildman–Crippen LogP) is 2.86. The second-order valence-electron chi connectivity index (χ2n) is 4.27. The quantitative estimate of drug-likeness (QED) is 0.717. The van der Waals surface area contributed by atoms with Gasteiger partial charge in [-0.2, -0.15) is 0 Å². The lowest BCUT2D eigenvalue weighted by atomic mass is 10.1. The Morgan fingerprint density at radius 3 is 2.83 bits per heavy atom. The zero-order chi connectivity index (χ0) is 12.9. The van der Waals surface area contributed by atoms with Crippen molar-refractivity contribution in [1.29, 1.82) is 0 Å². The smallest absolute Gasteiger partial charge is 0.222 e. The van der Waals surface area contributed by atoms with E-state index in [1.807, 2.05) is 24.6 Å². The second-order valence-corrected chi connectivity index (χ2v) is 4.27. The van der Waals surface area contributed by atoms with Gasteiger partial charge in [-0.3, -0.25) is 0 Å². The minimum absolute atomic E-state index is 0.248. The van der Waals surface area contributed by atoms with Gasteiger partial charge in [-0.15, -0.1) is 0 Å². The fraction of sp³-hybridized carbons (Fsp3) is 0.154. The minimum atomic E-state index is -0.249. The number of aromatic nitrogens is 2. The molecule has 0 radical (unpaired) electrons. The lowest BCUT2D eigenvalue weighted by Gasteiger charge is -1.99. The Labute approximate surface area is 103 Å². The van der Waals surface area contributed by atoms with Crippen molar-refractivity contribution in [2.24, 2.45) is 7.05 Å². The number of fused-ring (bicyclic) bond motifs is 1. The highest BCUT2D eigenvalue weighted by Crippen LogP contribution is 2.34. The molecule has 0 aliphatic rings. The van der Waals surface area contributed by atoms with Crippen LogP contribution in [0.5, 0.6) is 0 Å². The SMILES string of the molecule is Cc1c(-c2cc(N)on2)c2cccc(F)c2n1C. The second kappa shape index (κ2) is 3.60. The van der Waals surface area contributed by atoms with E-state index in [0.29, 0.717) is 11.2 Å². The summed E-state index contributed by atoms with van der Waals surface area (Å²) in [6.07, 6.45) is 0. The van der Waals surface area contributed by atoms with Crippen LogP contribution in [0.25, 0.3) is 22.2 Å². The van der Waals surface area contributed by atoms with Gasteiger partial charge < -0.3 is 14.8 Å². The molecule has 1 aromatic carbocycles. The highest BCUT2D eigenvalue weighted by atomic mass is 19.1. The third kappa shape index (κ3) is 1.33. The number of hydrogen-bond acceptors (Lipinski definition) is 3. The lowest BCUT2D eigenvalue weighted by Crippen LogP contribution is -1.92. The van der Waals surface area contributed by atoms with Crippen LogP contribution in [0.4, 0.5) is 10.3 Å². The molecule has 2 aromatic heterocycles. The molecular formula is C13H12FN3O. The molecule has 0 atom stereocenters. The van der Waals surface area contributed by atoms with Gasteiger partial charge in [0.2, 0.25) is 5.88 Å². The summed E-state index contributed by atoms with van der Waals surface area (Å²) < 4.78 is 20.6. The lowest BCUT2D eigenvalue weighted by molar-refractivity contribution is 0.439. The van der Waals surface area contributed by atoms with Crippen molar-refractivity contribution >= 4 is 16.8 Å². The molecular weight excluding hydrogens is 233 g/mol. The Morgan fingerprint density at radius 2 is 2.17 bits per heavy atom. The van der Waals surface area contributed by atoms with Crippen molar-refractivity contribution in [1.82, 2.24) is 9.72 Å². The van der Waals surface area contributed by atoms with E-state index in [0.717, 1.165) is 16.6 Å². The zero-order valence-electron chi connectivity index (χ0n) is 10.1. The van der Waals surface area contributed by atoms with Gasteiger partial charge in [-0.05, 0) is 13.0 Å². The summed E-state index contributed by atoms with van der Waals surface area (Å²) in [5, 5.41) is 4.71. The first kappa shape index (κ1) is 10.8. The Bertz CT molecular complexity index is 742. The molecule has 2 heterocycles. The van der Waals surface area contributed by atoms with E-state index in [1.54, 1.807) is 12.1 Å². The van der Waals surface area contributed by atoms with Crippen LogP contribution in [0.2, 0.25) is 0 Å². The average Bonchev–Trinajstić information content (AvgIpc) is 2.84. The summed E-state index contributed by atoms with van der Waals surface area (Å²) >= 11 is 0. The molecule has 92 valence electrons. The fourth-order valence-corrected chi connectivity index (χ4v) is 2.32. The van der Waals surface area contributed by atoms with Gasteiger partial charge in [-0.25, -0.2) is 4.39 Å². The van der Waals surface area contributed by atoms with E-state index in [1.165, 1.54) is 6.07 Å². The van der Waals surface area contributed by atoms with E-state index in [4.69, 9.17) is 10.3 Å². The topological polar surface area (TPSA) is 57.0 Å². The molecule has 0 amide bonds. The van der Waals surface area contributed by atoms with Gasteiger partial charge in [0.25, 0.3) is 0 Å². The Balaban J connectivity index is 2.43. The highest BCUT2D eigenvalue weighted by molar-refractivity contribution is 5.97. The number of rotatable bonds is 1. The summed E-state index contributed by atoms with van der Waals surface area (Å²) in [7, 11) is 1.83. The van der Waals surface area contributed by atoms with Gasteiger partial charge in [0, 0.05) is 29.8 Å². The molecule has 18 heavy (non-hydrogen) atoms. The molecule has 3 aromatic rings. The summed E-state index contributed by atoms with van der Waals surface area (Å²) in [6, 6.07) is 6.64. The van der Waals surface area contributed by atoms with Crippen LogP contribution < -0.4 is 5.73 Å². The first-order valence-electron chi connectivity index (χ1n) is 5.55. The van der Waals surface area contributed by atoms with E-state index in [-0.39, 0.29) is 11.7 Å². The first-order valence-corrected chi connectivity index (χ1v) is 5.55. The minimum Gasteiger partial charge on any atom is -0.368 e. The van der Waals surface area contributed by atoms with Crippen LogP contribution in [0.1, 0.15) is 5.69 Å². The van der Waals surface area contributed by atoms with Crippen molar-refractivity contribution < 1.29 is 8.91 Å². The number of anilines is 1. The van der Waals surface area contributed by atoms with E-state index in [2.05, 4.69) is 5.16 Å². The van der Waals surface area contributed by atoms with Gasteiger partial charge in [-0.1, -0.05) is 17.3 Å². The molecule has 0 fully saturated rings. The van der Waals surface area contributed by atoms with Crippen LogP contribution in [0, 0.1) is 12.7 Å². The van der Waals surface area contributed by atoms with Crippen molar-refractivity contribution in [3.63, 3.8) is 0 Å². The normalized spacial score (nSPS) is 11.3. The maximum atomic E-state index is 13.9. The number of nitrogen functional groups attached to an aromatic ring is 1. The highest BCUT2D eigenvalue weighted by Gasteiger charge is 2.18. The molecule has 2 N–H and O–H groups in total. The van der Waals surface area contributed by atoms with E-state index < -0.39 is 0 Å². The van der Waals surface area contributed by atoms with Crippen molar-refractivity contribution in [2.75, 3.05) is 5.73 Å². The van der Waals surface area contributed by atoms with Crippen LogP contribution in [0.3, 0.4) is 0 Å². The molecule has 4 nitrogen and oxygen atoms in total. The molecule has 0 bridgehead atoms. The van der Waals surface area contributed by atoms with E-state index in [9.17, 15) is 4.39 Å². The van der Waals surface area contributed by atoms with Crippen molar-refractivity contribution in [2.45, 2.75) is 6.92 Å².